The van der Waals surface area contributed by atoms with Crippen LogP contribution in [0.2, 0.25) is 0 Å². The second kappa shape index (κ2) is 10.7. The summed E-state index contributed by atoms with van der Waals surface area (Å²) in [5.74, 6) is -0.273. The molecule has 1 saturated heterocycles. The predicted molar refractivity (Wildman–Crippen MR) is 146 cm³/mol. The van der Waals surface area contributed by atoms with Crippen LogP contribution in [0.5, 0.6) is 0 Å². The van der Waals surface area contributed by atoms with Gasteiger partial charge in [-0.15, -0.1) is 0 Å². The summed E-state index contributed by atoms with van der Waals surface area (Å²) in [5.41, 5.74) is 2.68. The molecule has 8 atom stereocenters. The quantitative estimate of drug-likeness (QED) is 0.406. The first-order valence-corrected chi connectivity index (χ1v) is 14.0. The summed E-state index contributed by atoms with van der Waals surface area (Å²) in [6.07, 6.45) is 0.571. The van der Waals surface area contributed by atoms with Gasteiger partial charge in [-0.2, -0.15) is 5.06 Å². The van der Waals surface area contributed by atoms with Crippen LogP contribution >= 0.6 is 0 Å². The maximum absolute atomic E-state index is 13.8. The molecular weight excluding hydrogens is 496 g/mol. The molecule has 2 aromatic rings. The van der Waals surface area contributed by atoms with Gasteiger partial charge in [0.15, 0.2) is 0 Å². The van der Waals surface area contributed by atoms with E-state index in [1.165, 1.54) is 6.42 Å². The molecule has 1 amide bonds. The molecule has 4 N–H and O–H groups in total. The molecule has 4 aliphatic rings. The second-order valence-electron chi connectivity index (χ2n) is 12.3. The van der Waals surface area contributed by atoms with E-state index in [-0.39, 0.29) is 30.7 Å². The first-order chi connectivity index (χ1) is 18.5. The molecule has 3 saturated carbocycles. The second-order valence-corrected chi connectivity index (χ2v) is 12.3. The number of carbonyl (C=O) groups excluding carboxylic acids is 1. The van der Waals surface area contributed by atoms with Gasteiger partial charge in [-0.05, 0) is 71.8 Å². The largest absolute Gasteiger partial charge is 0.478 e. The van der Waals surface area contributed by atoms with E-state index in [9.17, 15) is 24.9 Å². The van der Waals surface area contributed by atoms with E-state index in [0.29, 0.717) is 28.7 Å². The summed E-state index contributed by atoms with van der Waals surface area (Å²) < 4.78 is 0. The molecule has 1 heterocycles. The summed E-state index contributed by atoms with van der Waals surface area (Å²) >= 11 is 0. The van der Waals surface area contributed by atoms with Crippen molar-refractivity contribution < 1.29 is 29.7 Å². The van der Waals surface area contributed by atoms with E-state index < -0.39 is 30.1 Å². The number of rotatable bonds is 8. The summed E-state index contributed by atoms with van der Waals surface area (Å²) in [6.45, 7) is 8.42. The van der Waals surface area contributed by atoms with Crippen LogP contribution in [0, 0.1) is 29.1 Å². The van der Waals surface area contributed by atoms with E-state index in [0.717, 1.165) is 17.5 Å². The van der Waals surface area contributed by atoms with E-state index in [4.69, 9.17) is 4.84 Å². The topological polar surface area (TPSA) is 119 Å². The van der Waals surface area contributed by atoms with Gasteiger partial charge in [-0.1, -0.05) is 57.2 Å². The Labute approximate surface area is 229 Å². The van der Waals surface area contributed by atoms with Gasteiger partial charge in [0.25, 0.3) is 0 Å². The number of aliphatic hydroxyl groups is 2. The highest BCUT2D eigenvalue weighted by Gasteiger charge is 2.57. The smallest absolute Gasteiger partial charge is 0.336 e. The number of nitrogens with zero attached hydrogens (tertiary/aromatic N) is 1. The Morgan fingerprint density at radius 2 is 1.90 bits per heavy atom. The number of aliphatic hydroxyl groups excluding tert-OH is 2. The molecule has 39 heavy (non-hydrogen) atoms. The third-order valence-electron chi connectivity index (χ3n) is 9.80. The van der Waals surface area contributed by atoms with Crippen molar-refractivity contribution in [1.82, 2.24) is 10.4 Å². The van der Waals surface area contributed by atoms with Crippen LogP contribution in [0.15, 0.2) is 48.5 Å². The third-order valence-corrected chi connectivity index (χ3v) is 9.80. The number of fused-ring (bicyclic) bond motifs is 2. The summed E-state index contributed by atoms with van der Waals surface area (Å²) in [6, 6.07) is 13.6. The number of carboxylic acid groups (broad SMARTS) is 1. The Hall–Kier alpha value is -2.78. The fraction of sp³-hybridized carbons (Fsp3) is 0.548. The Kier molecular flexibility index (Phi) is 7.59. The molecule has 0 aromatic heterocycles. The fourth-order valence-corrected chi connectivity index (χ4v) is 7.42. The van der Waals surface area contributed by atoms with Crippen molar-refractivity contribution in [2.45, 2.75) is 71.4 Å². The molecule has 4 fully saturated rings. The highest BCUT2D eigenvalue weighted by atomic mass is 16.7. The lowest BCUT2D eigenvalue weighted by Gasteiger charge is -2.62. The minimum absolute atomic E-state index is 0.0646. The molecule has 210 valence electrons. The van der Waals surface area contributed by atoms with Gasteiger partial charge in [-0.25, -0.2) is 4.79 Å². The third kappa shape index (κ3) is 4.99. The molecule has 6 rings (SSSR count). The van der Waals surface area contributed by atoms with E-state index in [1.54, 1.807) is 36.3 Å². The molecule has 1 unspecified atom stereocenters. The van der Waals surface area contributed by atoms with Crippen LogP contribution in [0.1, 0.15) is 56.5 Å². The van der Waals surface area contributed by atoms with E-state index in [1.807, 2.05) is 24.3 Å². The normalized spacial score (nSPS) is 32.3. The van der Waals surface area contributed by atoms with Crippen molar-refractivity contribution in [3.63, 3.8) is 0 Å². The van der Waals surface area contributed by atoms with Crippen LogP contribution in [-0.2, 0) is 16.2 Å². The van der Waals surface area contributed by atoms with Gasteiger partial charge in [0.2, 0.25) is 5.91 Å². The molecule has 8 heteroatoms. The zero-order valence-electron chi connectivity index (χ0n) is 23.1. The lowest BCUT2D eigenvalue weighted by atomic mass is 9.45. The number of nitrogens with one attached hydrogen (secondary N) is 1. The molecule has 8 nitrogen and oxygen atoms in total. The van der Waals surface area contributed by atoms with Gasteiger partial charge >= 0.3 is 5.97 Å². The van der Waals surface area contributed by atoms with Crippen LogP contribution in [0.3, 0.4) is 0 Å². The Morgan fingerprint density at radius 3 is 2.54 bits per heavy atom. The summed E-state index contributed by atoms with van der Waals surface area (Å²) in [7, 11) is 0. The van der Waals surface area contributed by atoms with Gasteiger partial charge in [-0.3, -0.25) is 9.63 Å². The van der Waals surface area contributed by atoms with E-state index >= 15 is 0 Å². The van der Waals surface area contributed by atoms with Gasteiger partial charge < -0.3 is 20.6 Å². The first kappa shape index (κ1) is 27.8. The molecule has 3 aliphatic carbocycles. The molecule has 2 bridgehead atoms. The number of carbonyl (C=O) groups is 2. The number of hydrogen-bond donors (Lipinski definition) is 4. The zero-order chi connectivity index (χ0) is 28.1. The standard InChI is InChI=1S/C31H40N2O6/c1-17-24-13-21(31(24,3)4)14-25(17)32-29(36)28-27(18(2)35)26(16-34)39-33(28)15-19-8-7-9-20(12-19)22-10-5-6-11-23(22)30(37)38/h5-12,17-18,21,24-28,34-35H,13-16H2,1-4H3,(H,32,36)(H,37,38)/t17-,18-,21+,24?,25-,26-,27+,28-/m0/s1. The van der Waals surface area contributed by atoms with Gasteiger partial charge in [0, 0.05) is 12.0 Å². The number of amides is 1. The summed E-state index contributed by atoms with van der Waals surface area (Å²) in [4.78, 5) is 31.7. The van der Waals surface area contributed by atoms with Crippen LogP contribution in [0.4, 0.5) is 0 Å². The molecular formula is C31H40N2O6. The number of carboxylic acids is 1. The lowest BCUT2D eigenvalue weighted by molar-refractivity contribution is -0.183. The molecule has 2 aromatic carbocycles. The summed E-state index contributed by atoms with van der Waals surface area (Å²) in [5, 5.41) is 35.2. The minimum Gasteiger partial charge on any atom is -0.478 e. The van der Waals surface area contributed by atoms with Gasteiger partial charge in [0.05, 0.1) is 24.8 Å². The minimum atomic E-state index is -1.00. The monoisotopic (exact) mass is 536 g/mol. The zero-order valence-corrected chi connectivity index (χ0v) is 23.1. The van der Waals surface area contributed by atoms with Crippen molar-refractivity contribution in [3.05, 3.63) is 59.7 Å². The van der Waals surface area contributed by atoms with Crippen LogP contribution in [0.25, 0.3) is 11.1 Å². The Morgan fingerprint density at radius 1 is 1.15 bits per heavy atom. The SMILES string of the molecule is C[C@H](O)[C@@H]1[C@H](CO)ON(Cc2cccc(-c3ccccc3C(=O)O)c2)[C@@H]1C(=O)N[C@H]1C[C@H]2CC([C@@H]1C)C2(C)C. The lowest BCUT2D eigenvalue weighted by Crippen LogP contribution is -2.62. The number of hydrogen-bond acceptors (Lipinski definition) is 6. The Bertz CT molecular complexity index is 1230. The van der Waals surface area contributed by atoms with Crippen molar-refractivity contribution >= 4 is 11.9 Å². The number of hydroxylamine groups is 2. The number of benzene rings is 2. The van der Waals surface area contributed by atoms with Crippen molar-refractivity contribution in [1.29, 1.82) is 0 Å². The molecule has 0 spiro atoms. The molecule has 1 aliphatic heterocycles. The highest BCUT2D eigenvalue weighted by Crippen LogP contribution is 2.61. The maximum atomic E-state index is 13.8. The maximum Gasteiger partial charge on any atom is 0.336 e. The Balaban J connectivity index is 1.39. The number of aromatic carboxylic acids is 1. The highest BCUT2D eigenvalue weighted by molar-refractivity contribution is 5.96. The first-order valence-electron chi connectivity index (χ1n) is 14.0. The van der Waals surface area contributed by atoms with E-state index in [2.05, 4.69) is 26.1 Å². The average Bonchev–Trinajstić information content (AvgIpc) is 3.28. The van der Waals surface area contributed by atoms with Crippen molar-refractivity contribution in [3.8, 4) is 11.1 Å². The van der Waals surface area contributed by atoms with Crippen LogP contribution in [-0.4, -0.2) is 63.2 Å². The predicted octanol–water partition coefficient (Wildman–Crippen LogP) is 3.71. The van der Waals surface area contributed by atoms with Crippen LogP contribution < -0.4 is 5.32 Å². The average molecular weight is 537 g/mol. The van der Waals surface area contributed by atoms with Crippen molar-refractivity contribution in [2.75, 3.05) is 6.61 Å². The fourth-order valence-electron chi connectivity index (χ4n) is 7.42. The molecule has 0 radical (unpaired) electrons. The van der Waals surface area contributed by atoms with Gasteiger partial charge in [0.1, 0.15) is 12.1 Å². The van der Waals surface area contributed by atoms with Crippen molar-refractivity contribution in [2.24, 2.45) is 29.1 Å².